The zero-order chi connectivity index (χ0) is 13.3. The molecule has 1 atom stereocenters. The normalized spacial score (nSPS) is 20.5. The number of rotatable bonds is 3. The number of carbonyl (C=O) groups is 1. The van der Waals surface area contributed by atoms with Gasteiger partial charge in [-0.05, 0) is 33.1 Å². The molecule has 0 saturated carbocycles. The molecular formula is C13H28N2O2. The van der Waals surface area contributed by atoms with Crippen LogP contribution in [-0.4, -0.2) is 37.7 Å². The molecule has 1 fully saturated rings. The van der Waals surface area contributed by atoms with Crippen molar-refractivity contribution >= 4 is 6.47 Å². The number of hydrogen-bond acceptors (Lipinski definition) is 4. The van der Waals surface area contributed by atoms with Crippen molar-refractivity contribution in [2.45, 2.75) is 52.7 Å². The Morgan fingerprint density at radius 2 is 2.00 bits per heavy atom. The highest BCUT2D eigenvalue weighted by Gasteiger charge is 2.12. The highest BCUT2D eigenvalue weighted by Crippen LogP contribution is 2.04. The van der Waals surface area contributed by atoms with E-state index >= 15 is 0 Å². The Kier molecular flexibility index (Phi) is 8.17. The predicted molar refractivity (Wildman–Crippen MR) is 71.0 cm³/mol. The van der Waals surface area contributed by atoms with Crippen LogP contribution in [0, 0.1) is 5.92 Å². The van der Waals surface area contributed by atoms with Crippen molar-refractivity contribution in [2.75, 3.05) is 19.6 Å². The van der Waals surface area contributed by atoms with E-state index in [0.29, 0.717) is 12.5 Å². The van der Waals surface area contributed by atoms with Gasteiger partial charge in [0, 0.05) is 25.7 Å². The summed E-state index contributed by atoms with van der Waals surface area (Å²) in [6.07, 6.45) is 1.30. The largest absolute Gasteiger partial charge is 0.462 e. The molecule has 4 nitrogen and oxygen atoms in total. The lowest BCUT2D eigenvalue weighted by Gasteiger charge is -2.25. The highest BCUT2D eigenvalue weighted by molar-refractivity contribution is 5.37. The minimum Gasteiger partial charge on any atom is -0.462 e. The lowest BCUT2D eigenvalue weighted by Crippen LogP contribution is -2.48. The first-order valence-corrected chi connectivity index (χ1v) is 6.40. The van der Waals surface area contributed by atoms with Gasteiger partial charge in [0.1, 0.15) is 5.60 Å². The van der Waals surface area contributed by atoms with Crippen molar-refractivity contribution in [3.63, 3.8) is 0 Å². The summed E-state index contributed by atoms with van der Waals surface area (Å²) in [6, 6.07) is 0.716. The lowest BCUT2D eigenvalue weighted by molar-refractivity contribution is -0.138. The molecular weight excluding hydrogens is 216 g/mol. The molecule has 0 bridgehead atoms. The molecule has 1 rings (SSSR count). The Morgan fingerprint density at radius 1 is 1.35 bits per heavy atom. The van der Waals surface area contributed by atoms with Crippen LogP contribution in [-0.2, 0) is 9.53 Å². The first kappa shape index (κ1) is 16.4. The summed E-state index contributed by atoms with van der Waals surface area (Å²) >= 11 is 0. The minimum absolute atomic E-state index is 0.318. The molecule has 0 amide bonds. The molecule has 1 saturated heterocycles. The fourth-order valence-electron chi connectivity index (χ4n) is 1.59. The van der Waals surface area contributed by atoms with Crippen LogP contribution in [0.3, 0.4) is 0 Å². The topological polar surface area (TPSA) is 50.4 Å². The van der Waals surface area contributed by atoms with E-state index in [0.717, 1.165) is 25.6 Å². The molecule has 0 aliphatic carbocycles. The first-order valence-electron chi connectivity index (χ1n) is 6.40. The zero-order valence-corrected chi connectivity index (χ0v) is 11.9. The third-order valence-corrected chi connectivity index (χ3v) is 2.28. The molecule has 1 aliphatic rings. The molecule has 1 unspecified atom stereocenters. The van der Waals surface area contributed by atoms with Crippen LogP contribution in [0.2, 0.25) is 0 Å². The molecule has 1 aliphatic heterocycles. The van der Waals surface area contributed by atoms with Gasteiger partial charge in [0.15, 0.2) is 0 Å². The first-order chi connectivity index (χ1) is 7.85. The van der Waals surface area contributed by atoms with E-state index < -0.39 is 0 Å². The second-order valence-electron chi connectivity index (χ2n) is 5.81. The van der Waals surface area contributed by atoms with Crippen LogP contribution in [0.4, 0.5) is 0 Å². The third kappa shape index (κ3) is 11.6. The van der Waals surface area contributed by atoms with Gasteiger partial charge in [0.2, 0.25) is 0 Å². The second-order valence-corrected chi connectivity index (χ2v) is 5.81. The summed E-state index contributed by atoms with van der Waals surface area (Å²) in [5.74, 6) is 0.817. The minimum atomic E-state index is -0.318. The summed E-state index contributed by atoms with van der Waals surface area (Å²) in [4.78, 5) is 9.60. The number of nitrogens with one attached hydrogen (secondary N) is 2. The smallest absolute Gasteiger partial charge is 0.293 e. The third-order valence-electron chi connectivity index (χ3n) is 2.28. The number of carbonyl (C=O) groups excluding carboxylic acids is 1. The molecule has 2 N–H and O–H groups in total. The SMILES string of the molecule is CC(C)(C)OC=O.CC(C)CC1CNCCN1. The van der Waals surface area contributed by atoms with Gasteiger partial charge in [-0.1, -0.05) is 13.8 Å². The van der Waals surface area contributed by atoms with E-state index in [1.54, 1.807) is 0 Å². The summed E-state index contributed by atoms with van der Waals surface area (Å²) in [5.41, 5.74) is -0.318. The Hall–Kier alpha value is -0.610. The van der Waals surface area contributed by atoms with Crippen LogP contribution in [0.5, 0.6) is 0 Å². The fraction of sp³-hybridized carbons (Fsp3) is 0.923. The van der Waals surface area contributed by atoms with Crippen molar-refractivity contribution < 1.29 is 9.53 Å². The van der Waals surface area contributed by atoms with Crippen molar-refractivity contribution in [2.24, 2.45) is 5.92 Å². The van der Waals surface area contributed by atoms with Crippen LogP contribution < -0.4 is 10.6 Å². The monoisotopic (exact) mass is 244 g/mol. The summed E-state index contributed by atoms with van der Waals surface area (Å²) in [5, 5.41) is 6.87. The van der Waals surface area contributed by atoms with E-state index in [1.807, 2.05) is 20.8 Å². The molecule has 17 heavy (non-hydrogen) atoms. The second kappa shape index (κ2) is 8.48. The number of piperazine rings is 1. The van der Waals surface area contributed by atoms with E-state index in [-0.39, 0.29) is 5.60 Å². The van der Waals surface area contributed by atoms with Crippen molar-refractivity contribution in [3.8, 4) is 0 Å². The van der Waals surface area contributed by atoms with E-state index in [4.69, 9.17) is 0 Å². The number of ether oxygens (including phenoxy) is 1. The average molecular weight is 244 g/mol. The molecule has 0 radical (unpaired) electrons. The molecule has 0 aromatic rings. The van der Waals surface area contributed by atoms with Gasteiger partial charge in [-0.3, -0.25) is 4.79 Å². The maximum absolute atomic E-state index is 9.60. The molecule has 0 aromatic heterocycles. The lowest BCUT2D eigenvalue weighted by atomic mass is 10.0. The molecule has 102 valence electrons. The van der Waals surface area contributed by atoms with Crippen LogP contribution in [0.1, 0.15) is 41.0 Å². The van der Waals surface area contributed by atoms with Gasteiger partial charge in [-0.25, -0.2) is 0 Å². The van der Waals surface area contributed by atoms with Crippen LogP contribution >= 0.6 is 0 Å². The Labute approximate surface area is 105 Å². The standard InChI is InChI=1S/C8H18N2.C5H10O2/c1-7(2)5-8-6-9-3-4-10-8;1-5(2,3)7-4-6/h7-10H,3-6H2,1-2H3;4H,1-3H3. The van der Waals surface area contributed by atoms with Gasteiger partial charge >= 0.3 is 0 Å². The summed E-state index contributed by atoms with van der Waals surface area (Å²) in [7, 11) is 0. The Bertz CT molecular complexity index is 194. The average Bonchev–Trinajstić information content (AvgIpc) is 2.17. The molecule has 1 heterocycles. The zero-order valence-electron chi connectivity index (χ0n) is 11.9. The van der Waals surface area contributed by atoms with Crippen LogP contribution in [0.15, 0.2) is 0 Å². The molecule has 4 heteroatoms. The quantitative estimate of drug-likeness (QED) is 0.740. The van der Waals surface area contributed by atoms with E-state index in [1.165, 1.54) is 6.42 Å². The predicted octanol–water partition coefficient (Wildman–Crippen LogP) is 1.55. The highest BCUT2D eigenvalue weighted by atomic mass is 16.5. The Morgan fingerprint density at radius 3 is 2.29 bits per heavy atom. The Balaban J connectivity index is 0.000000325. The van der Waals surface area contributed by atoms with E-state index in [9.17, 15) is 4.79 Å². The van der Waals surface area contributed by atoms with Crippen molar-refractivity contribution in [3.05, 3.63) is 0 Å². The van der Waals surface area contributed by atoms with Gasteiger partial charge in [0.05, 0.1) is 0 Å². The maximum Gasteiger partial charge on any atom is 0.293 e. The van der Waals surface area contributed by atoms with Crippen LogP contribution in [0.25, 0.3) is 0 Å². The molecule has 0 aromatic carbocycles. The van der Waals surface area contributed by atoms with Gasteiger partial charge in [-0.2, -0.15) is 0 Å². The van der Waals surface area contributed by atoms with Crippen molar-refractivity contribution in [1.29, 1.82) is 0 Å². The van der Waals surface area contributed by atoms with Gasteiger partial charge < -0.3 is 15.4 Å². The summed E-state index contributed by atoms with van der Waals surface area (Å²) in [6.45, 7) is 13.9. The number of hydrogen-bond donors (Lipinski definition) is 2. The summed E-state index contributed by atoms with van der Waals surface area (Å²) < 4.78 is 4.55. The maximum atomic E-state index is 9.60. The fourth-order valence-corrected chi connectivity index (χ4v) is 1.59. The van der Waals surface area contributed by atoms with Gasteiger partial charge in [-0.15, -0.1) is 0 Å². The van der Waals surface area contributed by atoms with E-state index in [2.05, 4.69) is 29.2 Å². The van der Waals surface area contributed by atoms with Crippen molar-refractivity contribution in [1.82, 2.24) is 10.6 Å². The molecule has 0 spiro atoms. The van der Waals surface area contributed by atoms with Gasteiger partial charge in [0.25, 0.3) is 6.47 Å².